The van der Waals surface area contributed by atoms with Gasteiger partial charge in [0, 0.05) is 27.0 Å². The van der Waals surface area contributed by atoms with Crippen molar-refractivity contribution in [1.82, 2.24) is 4.81 Å². The summed E-state index contributed by atoms with van der Waals surface area (Å²) in [6, 6.07) is 30.4. The molecule has 0 amide bonds. The summed E-state index contributed by atoms with van der Waals surface area (Å²) in [4.78, 5) is 14.2. The van der Waals surface area contributed by atoms with Gasteiger partial charge in [0.25, 0.3) is 0 Å². The topological polar surface area (TPSA) is 49.8 Å². The molecule has 0 bridgehead atoms. The van der Waals surface area contributed by atoms with Crippen LogP contribution in [-0.4, -0.2) is 35.3 Å². The van der Waals surface area contributed by atoms with Crippen molar-refractivity contribution in [1.29, 1.82) is 0 Å². The van der Waals surface area contributed by atoms with E-state index < -0.39 is 0 Å². The molecule has 1 N–H and O–H groups in total. The first-order valence-electron chi connectivity index (χ1n) is 18.1. The number of hydrogen-bond donors (Lipinski definition) is 1. The van der Waals surface area contributed by atoms with Gasteiger partial charge in [0.15, 0.2) is 5.78 Å². The van der Waals surface area contributed by atoms with Gasteiger partial charge in [0.1, 0.15) is 5.60 Å². The normalized spacial score (nSPS) is 20.3. The Hall–Kier alpha value is -2.55. The van der Waals surface area contributed by atoms with E-state index in [1.54, 1.807) is 0 Å². The average molecular weight is 802 g/mol. The van der Waals surface area contributed by atoms with Crippen LogP contribution in [0.1, 0.15) is 115 Å². The minimum absolute atomic E-state index is 0. The Morgan fingerprint density at radius 2 is 1.38 bits per heavy atom. The Bertz CT molecular complexity index is 1710. The number of aryl methyl sites for hydroxylation is 2. The van der Waals surface area contributed by atoms with E-state index in [1.165, 1.54) is 50.7 Å². The van der Waals surface area contributed by atoms with E-state index in [1.807, 2.05) is 0 Å². The number of carbonyl (C=O) groups excluding carboxylic acids is 1. The number of hydrogen-bond acceptors (Lipinski definition) is 4. The SMILES string of the molecule is C.CB1OC(c2ccccc2)(c2ccccc2)[C@@H]2CCCN12.CCc1cc(Br)c2c(c1)C(=O)CCC2.CCc1cc(Br)c2c(c1)[C@H](O)CCC2. The Balaban J connectivity index is 0.000000149. The molecule has 8 rings (SSSR count). The standard InChI is InChI=1S/C18H20BNO.C12H15BrO.C12H13BrO.CH4/c1-19-20-14-8-13-17(20)18(21-19,15-9-4-2-5-10-15)16-11-6-3-7-12-16;2*1-2-8-6-10-9(11(13)7-8)4-3-5-12(10)14;/h2-7,9-12,17H,8,13-14H2,1H3;6-7,12,14H,2-5H2,1H3;6-7H,2-5H2,1H3;1H4/t17-;12-;;/m01../s1. The number of fused-ring (bicyclic) bond motifs is 3. The molecular weight excluding hydrogens is 749 g/mol. The number of ketones is 1. The maximum atomic E-state index is 11.7. The van der Waals surface area contributed by atoms with Crippen molar-refractivity contribution >= 4 is 44.7 Å². The van der Waals surface area contributed by atoms with Crippen LogP contribution in [0.15, 0.2) is 93.9 Å². The summed E-state index contributed by atoms with van der Waals surface area (Å²) in [5.74, 6) is 0.308. The van der Waals surface area contributed by atoms with Crippen molar-refractivity contribution < 1.29 is 14.6 Å². The fraction of sp³-hybridized carbons (Fsp3) is 0.419. The van der Waals surface area contributed by atoms with Gasteiger partial charge in [0.05, 0.1) is 6.10 Å². The van der Waals surface area contributed by atoms with Gasteiger partial charge in [-0.25, -0.2) is 0 Å². The van der Waals surface area contributed by atoms with E-state index in [4.69, 9.17) is 4.65 Å². The molecule has 2 saturated heterocycles. The second-order valence-electron chi connectivity index (χ2n) is 13.7. The summed E-state index contributed by atoms with van der Waals surface area (Å²) < 4.78 is 8.90. The van der Waals surface area contributed by atoms with Gasteiger partial charge in [-0.15, -0.1) is 0 Å². The van der Waals surface area contributed by atoms with Gasteiger partial charge in [-0.1, -0.05) is 120 Å². The zero-order valence-corrected chi connectivity index (χ0v) is 32.2. The van der Waals surface area contributed by atoms with Crippen molar-refractivity contribution in [3.05, 3.63) is 138 Å². The Morgan fingerprint density at radius 3 is 2.00 bits per heavy atom. The molecule has 50 heavy (non-hydrogen) atoms. The maximum absolute atomic E-state index is 11.7. The lowest BCUT2D eigenvalue weighted by molar-refractivity contribution is 0.0972. The molecule has 7 heteroatoms. The Morgan fingerprint density at radius 1 is 0.800 bits per heavy atom. The third-order valence-corrected chi connectivity index (χ3v) is 12.2. The second-order valence-corrected chi connectivity index (χ2v) is 15.4. The molecule has 2 heterocycles. The molecule has 264 valence electrons. The lowest BCUT2D eigenvalue weighted by atomic mass is 9.79. The molecule has 2 atom stereocenters. The lowest BCUT2D eigenvalue weighted by Gasteiger charge is -2.36. The minimum atomic E-state index is -0.321. The van der Waals surface area contributed by atoms with Crippen LogP contribution in [0.4, 0.5) is 0 Å². The summed E-state index contributed by atoms with van der Waals surface area (Å²) in [6.45, 7) is 7.59. The molecule has 2 aliphatic carbocycles. The highest BCUT2D eigenvalue weighted by molar-refractivity contribution is 9.10. The van der Waals surface area contributed by atoms with Crippen LogP contribution in [0.5, 0.6) is 0 Å². The number of nitrogens with zero attached hydrogens (tertiary/aromatic N) is 1. The van der Waals surface area contributed by atoms with Gasteiger partial charge < -0.3 is 14.6 Å². The van der Waals surface area contributed by atoms with Crippen LogP contribution >= 0.6 is 31.9 Å². The number of carbonyl (C=O) groups is 1. The molecule has 0 radical (unpaired) electrons. The molecular formula is C43H52BBr2NO3. The van der Waals surface area contributed by atoms with E-state index in [0.717, 1.165) is 67.1 Å². The first kappa shape index (κ1) is 38.7. The minimum Gasteiger partial charge on any atom is -0.406 e. The summed E-state index contributed by atoms with van der Waals surface area (Å²) >= 11 is 7.14. The molecule has 0 unspecified atom stereocenters. The first-order valence-corrected chi connectivity index (χ1v) is 19.7. The summed E-state index contributed by atoms with van der Waals surface area (Å²) in [6.07, 6.45) is 10.1. The third kappa shape index (κ3) is 7.93. The van der Waals surface area contributed by atoms with Gasteiger partial charge in [0.2, 0.25) is 0 Å². The average Bonchev–Trinajstić information content (AvgIpc) is 3.73. The fourth-order valence-corrected chi connectivity index (χ4v) is 9.63. The number of benzene rings is 4. The van der Waals surface area contributed by atoms with Crippen LogP contribution in [0.2, 0.25) is 6.82 Å². The first-order chi connectivity index (χ1) is 23.8. The molecule has 0 aromatic heterocycles. The zero-order valence-electron chi connectivity index (χ0n) is 29.1. The molecule has 4 aromatic carbocycles. The predicted molar refractivity (Wildman–Crippen MR) is 215 cm³/mol. The van der Waals surface area contributed by atoms with Crippen LogP contribution in [0, 0.1) is 0 Å². The van der Waals surface area contributed by atoms with Crippen LogP contribution in [0.3, 0.4) is 0 Å². The Labute approximate surface area is 317 Å². The van der Waals surface area contributed by atoms with E-state index >= 15 is 0 Å². The summed E-state index contributed by atoms with van der Waals surface area (Å²) in [5.41, 5.74) is 9.38. The lowest BCUT2D eigenvalue weighted by Crippen LogP contribution is -2.41. The van der Waals surface area contributed by atoms with Crippen LogP contribution < -0.4 is 0 Å². The van der Waals surface area contributed by atoms with Crippen molar-refractivity contribution in [3.63, 3.8) is 0 Å². The smallest absolute Gasteiger partial charge is 0.380 e. The van der Waals surface area contributed by atoms with Crippen LogP contribution in [-0.2, 0) is 35.9 Å². The number of rotatable bonds is 4. The zero-order chi connectivity index (χ0) is 34.5. The number of aliphatic hydroxyl groups is 1. The quantitative estimate of drug-likeness (QED) is 0.209. The highest BCUT2D eigenvalue weighted by Crippen LogP contribution is 2.48. The van der Waals surface area contributed by atoms with Gasteiger partial charge >= 0.3 is 7.05 Å². The van der Waals surface area contributed by atoms with E-state index in [0.29, 0.717) is 18.2 Å². The molecule has 4 nitrogen and oxygen atoms in total. The molecule has 2 fully saturated rings. The van der Waals surface area contributed by atoms with E-state index in [2.05, 4.69) is 142 Å². The molecule has 0 saturated carbocycles. The molecule has 4 aliphatic rings. The monoisotopic (exact) mass is 799 g/mol. The molecule has 2 aliphatic heterocycles. The molecule has 4 aromatic rings. The van der Waals surface area contributed by atoms with Gasteiger partial charge in [-0.2, -0.15) is 0 Å². The highest BCUT2D eigenvalue weighted by atomic mass is 79.9. The number of Topliss-reactive ketones (excluding diaryl/α,β-unsaturated/α-hetero) is 1. The largest absolute Gasteiger partial charge is 0.406 e. The predicted octanol–water partition coefficient (Wildman–Crippen LogP) is 11.1. The molecule has 0 spiro atoms. The van der Waals surface area contributed by atoms with Crippen molar-refractivity contribution in [2.45, 2.75) is 110 Å². The maximum Gasteiger partial charge on any atom is 0.380 e. The van der Waals surface area contributed by atoms with Crippen LogP contribution in [0.25, 0.3) is 0 Å². The van der Waals surface area contributed by atoms with E-state index in [-0.39, 0.29) is 26.2 Å². The van der Waals surface area contributed by atoms with Crippen molar-refractivity contribution in [2.24, 2.45) is 0 Å². The fourth-order valence-electron chi connectivity index (χ4n) is 8.20. The van der Waals surface area contributed by atoms with E-state index in [9.17, 15) is 9.90 Å². The van der Waals surface area contributed by atoms with Crippen molar-refractivity contribution in [3.8, 4) is 0 Å². The number of halogens is 2. The van der Waals surface area contributed by atoms with Crippen molar-refractivity contribution in [2.75, 3.05) is 6.54 Å². The number of aliphatic hydroxyl groups excluding tert-OH is 1. The highest BCUT2D eigenvalue weighted by Gasteiger charge is 2.56. The van der Waals surface area contributed by atoms with Gasteiger partial charge in [-0.05, 0) is 128 Å². The second kappa shape index (κ2) is 17.3. The summed E-state index contributed by atoms with van der Waals surface area (Å²) in [5, 5.41) is 9.88. The van der Waals surface area contributed by atoms with Gasteiger partial charge in [-0.3, -0.25) is 4.79 Å². The summed E-state index contributed by atoms with van der Waals surface area (Å²) in [7, 11) is 0.179. The third-order valence-electron chi connectivity index (χ3n) is 10.7. The Kier molecular flexibility index (Phi) is 13.4.